The number of nitrogens with one attached hydrogen (secondary N) is 1. The van der Waals surface area contributed by atoms with Crippen LogP contribution in [0.5, 0.6) is 0 Å². The molecule has 1 N–H and O–H groups in total. The lowest BCUT2D eigenvalue weighted by Gasteiger charge is -2.34. The number of carbonyl (C=O) groups excluding carboxylic acids is 1. The van der Waals surface area contributed by atoms with Crippen LogP contribution in [0.15, 0.2) is 53.4 Å². The van der Waals surface area contributed by atoms with Crippen molar-refractivity contribution in [2.24, 2.45) is 0 Å². The highest BCUT2D eigenvalue weighted by Gasteiger charge is 2.30. The van der Waals surface area contributed by atoms with Gasteiger partial charge in [0.15, 0.2) is 0 Å². The van der Waals surface area contributed by atoms with Crippen LogP contribution in [-0.2, 0) is 22.7 Å². The molecule has 10 heteroatoms. The molecule has 32 heavy (non-hydrogen) atoms. The fourth-order valence-electron chi connectivity index (χ4n) is 3.61. The van der Waals surface area contributed by atoms with E-state index >= 15 is 0 Å². The quantitative estimate of drug-likeness (QED) is 0.709. The second-order valence-electron chi connectivity index (χ2n) is 8.18. The minimum atomic E-state index is -4.35. The molecule has 2 aromatic rings. The highest BCUT2D eigenvalue weighted by molar-refractivity contribution is 7.89. The Morgan fingerprint density at radius 2 is 1.53 bits per heavy atom. The molecular formula is C22H24F3N3O3S. The molecular weight excluding hydrogens is 443 g/mol. The zero-order valence-electron chi connectivity index (χ0n) is 17.3. The van der Waals surface area contributed by atoms with E-state index < -0.39 is 21.8 Å². The standard InChI is InChI=1S/C22H24F3N3O3S/c23-22(24,25)18-5-1-16(2-6-18)15-27-11-13-28(14-12-27)21(29)17-3-9-20(10-4-17)32(30,31)26-19-7-8-19/h1-6,9-10,19,26H,7-8,11-15H2. The van der Waals surface area contributed by atoms with E-state index in [1.165, 1.54) is 36.4 Å². The summed E-state index contributed by atoms with van der Waals surface area (Å²) in [5.41, 5.74) is 0.541. The number of carbonyl (C=O) groups is 1. The van der Waals surface area contributed by atoms with Crippen molar-refractivity contribution in [3.8, 4) is 0 Å². The Labute approximate surface area is 185 Å². The summed E-state index contributed by atoms with van der Waals surface area (Å²) in [5, 5.41) is 0. The van der Waals surface area contributed by atoms with E-state index in [-0.39, 0.29) is 16.8 Å². The van der Waals surface area contributed by atoms with Gasteiger partial charge < -0.3 is 4.90 Å². The summed E-state index contributed by atoms with van der Waals surface area (Å²) in [6, 6.07) is 11.1. The summed E-state index contributed by atoms with van der Waals surface area (Å²) >= 11 is 0. The van der Waals surface area contributed by atoms with Gasteiger partial charge in [0.2, 0.25) is 10.0 Å². The number of sulfonamides is 1. The molecule has 0 bridgehead atoms. The molecule has 2 aliphatic rings. The summed E-state index contributed by atoms with van der Waals surface area (Å²) in [5.74, 6) is -0.168. The molecule has 0 radical (unpaired) electrons. The summed E-state index contributed by atoms with van der Waals surface area (Å²) in [6.45, 7) is 2.70. The normalized spacial score (nSPS) is 18.0. The molecule has 1 aliphatic heterocycles. The van der Waals surface area contributed by atoms with E-state index in [2.05, 4.69) is 9.62 Å². The van der Waals surface area contributed by atoms with Crippen LogP contribution >= 0.6 is 0 Å². The van der Waals surface area contributed by atoms with Gasteiger partial charge in [-0.2, -0.15) is 13.2 Å². The van der Waals surface area contributed by atoms with Gasteiger partial charge in [-0.15, -0.1) is 0 Å². The van der Waals surface area contributed by atoms with E-state index in [1.807, 2.05) is 0 Å². The first kappa shape index (κ1) is 22.8. The number of benzene rings is 2. The third-order valence-corrected chi connectivity index (χ3v) is 7.19. The predicted molar refractivity (Wildman–Crippen MR) is 112 cm³/mol. The maximum absolute atomic E-state index is 12.8. The topological polar surface area (TPSA) is 69.7 Å². The van der Waals surface area contributed by atoms with Gasteiger partial charge in [0.05, 0.1) is 10.5 Å². The molecule has 0 spiro atoms. The number of rotatable bonds is 6. The second kappa shape index (κ2) is 8.84. The van der Waals surface area contributed by atoms with Crippen LogP contribution < -0.4 is 4.72 Å². The van der Waals surface area contributed by atoms with Crippen LogP contribution in [0.4, 0.5) is 13.2 Å². The average molecular weight is 468 g/mol. The lowest BCUT2D eigenvalue weighted by Crippen LogP contribution is -2.48. The molecule has 4 rings (SSSR count). The van der Waals surface area contributed by atoms with E-state index in [4.69, 9.17) is 0 Å². The molecule has 1 aliphatic carbocycles. The zero-order valence-corrected chi connectivity index (χ0v) is 18.1. The van der Waals surface area contributed by atoms with Crippen LogP contribution in [0.3, 0.4) is 0 Å². The number of piperazine rings is 1. The number of hydrogen-bond acceptors (Lipinski definition) is 4. The Bertz CT molecular complexity index is 1060. The van der Waals surface area contributed by atoms with Crippen molar-refractivity contribution in [3.05, 3.63) is 65.2 Å². The lowest BCUT2D eigenvalue weighted by molar-refractivity contribution is -0.137. The van der Waals surface area contributed by atoms with Gasteiger partial charge in [-0.1, -0.05) is 12.1 Å². The maximum Gasteiger partial charge on any atom is 0.416 e. The SMILES string of the molecule is O=C(c1ccc(S(=O)(=O)NC2CC2)cc1)N1CCN(Cc2ccc(C(F)(F)F)cc2)CC1. The molecule has 1 heterocycles. The molecule has 0 atom stereocenters. The number of halogens is 3. The monoisotopic (exact) mass is 467 g/mol. The van der Waals surface area contributed by atoms with Crippen molar-refractivity contribution in [2.75, 3.05) is 26.2 Å². The Morgan fingerprint density at radius 1 is 0.938 bits per heavy atom. The van der Waals surface area contributed by atoms with E-state index in [0.29, 0.717) is 38.3 Å². The maximum atomic E-state index is 12.8. The molecule has 2 fully saturated rings. The van der Waals surface area contributed by atoms with Crippen molar-refractivity contribution in [1.82, 2.24) is 14.5 Å². The van der Waals surface area contributed by atoms with Gasteiger partial charge in [-0.05, 0) is 54.8 Å². The van der Waals surface area contributed by atoms with Crippen LogP contribution in [-0.4, -0.2) is 56.3 Å². The fourth-order valence-corrected chi connectivity index (χ4v) is 4.92. The first-order chi connectivity index (χ1) is 15.1. The minimum Gasteiger partial charge on any atom is -0.336 e. The molecule has 2 aromatic carbocycles. The molecule has 1 amide bonds. The van der Waals surface area contributed by atoms with Crippen LogP contribution in [0.1, 0.15) is 34.3 Å². The minimum absolute atomic E-state index is 0.0141. The van der Waals surface area contributed by atoms with Gasteiger partial charge in [0.1, 0.15) is 0 Å². The van der Waals surface area contributed by atoms with Gasteiger partial charge in [-0.3, -0.25) is 9.69 Å². The third-order valence-electron chi connectivity index (χ3n) is 5.66. The van der Waals surface area contributed by atoms with Crippen molar-refractivity contribution >= 4 is 15.9 Å². The molecule has 0 unspecified atom stereocenters. The van der Waals surface area contributed by atoms with Gasteiger partial charge in [0, 0.05) is 44.3 Å². The number of nitrogens with zero attached hydrogens (tertiary/aromatic N) is 2. The molecule has 1 saturated heterocycles. The molecule has 172 valence electrons. The molecule has 1 saturated carbocycles. The Balaban J connectivity index is 1.30. The van der Waals surface area contributed by atoms with Crippen molar-refractivity contribution in [1.29, 1.82) is 0 Å². The summed E-state index contributed by atoms with van der Waals surface area (Å²) < 4.78 is 65.2. The molecule has 0 aromatic heterocycles. The molecule has 6 nitrogen and oxygen atoms in total. The Morgan fingerprint density at radius 3 is 2.06 bits per heavy atom. The lowest BCUT2D eigenvalue weighted by atomic mass is 10.1. The first-order valence-corrected chi connectivity index (χ1v) is 11.9. The smallest absolute Gasteiger partial charge is 0.336 e. The summed E-state index contributed by atoms with van der Waals surface area (Å²) in [4.78, 5) is 16.7. The van der Waals surface area contributed by atoms with E-state index in [9.17, 15) is 26.4 Å². The third kappa shape index (κ3) is 5.48. The van der Waals surface area contributed by atoms with Crippen molar-refractivity contribution < 1.29 is 26.4 Å². The highest BCUT2D eigenvalue weighted by Crippen LogP contribution is 2.29. The van der Waals surface area contributed by atoms with Crippen molar-refractivity contribution in [3.63, 3.8) is 0 Å². The number of hydrogen-bond donors (Lipinski definition) is 1. The van der Waals surface area contributed by atoms with Crippen LogP contribution in [0.2, 0.25) is 0 Å². The van der Waals surface area contributed by atoms with Gasteiger partial charge in [-0.25, -0.2) is 13.1 Å². The van der Waals surface area contributed by atoms with E-state index in [0.717, 1.165) is 30.5 Å². The first-order valence-electron chi connectivity index (χ1n) is 10.4. The van der Waals surface area contributed by atoms with Crippen molar-refractivity contribution in [2.45, 2.75) is 36.5 Å². The number of amides is 1. The number of alkyl halides is 3. The van der Waals surface area contributed by atoms with Gasteiger partial charge in [0.25, 0.3) is 5.91 Å². The summed E-state index contributed by atoms with van der Waals surface area (Å²) in [6.07, 6.45) is -2.65. The van der Waals surface area contributed by atoms with Gasteiger partial charge >= 0.3 is 6.18 Å². The van der Waals surface area contributed by atoms with E-state index in [1.54, 1.807) is 4.90 Å². The Hall–Kier alpha value is -2.43. The van der Waals surface area contributed by atoms with Crippen LogP contribution in [0.25, 0.3) is 0 Å². The Kier molecular flexibility index (Phi) is 6.28. The average Bonchev–Trinajstić information content (AvgIpc) is 3.57. The highest BCUT2D eigenvalue weighted by atomic mass is 32.2. The predicted octanol–water partition coefficient (Wildman–Crippen LogP) is 3.10. The zero-order chi connectivity index (χ0) is 22.9. The summed E-state index contributed by atoms with van der Waals surface area (Å²) in [7, 11) is -3.56. The largest absolute Gasteiger partial charge is 0.416 e. The second-order valence-corrected chi connectivity index (χ2v) is 9.90. The fraction of sp³-hybridized carbons (Fsp3) is 0.409. The van der Waals surface area contributed by atoms with Crippen LogP contribution in [0, 0.1) is 0 Å².